The van der Waals surface area contributed by atoms with Gasteiger partial charge in [0.05, 0.1) is 0 Å². The number of carbonyl (C=O) groups excluding carboxylic acids is 1. The van der Waals surface area contributed by atoms with Crippen LogP contribution in [0.15, 0.2) is 53.0 Å². The number of halogens is 2. The summed E-state index contributed by atoms with van der Waals surface area (Å²) >= 11 is 9.31. The predicted octanol–water partition coefficient (Wildman–Crippen LogP) is 4.56. The Balaban J connectivity index is 1.67. The van der Waals surface area contributed by atoms with Gasteiger partial charge in [-0.25, -0.2) is 0 Å². The molecule has 1 aliphatic carbocycles. The van der Waals surface area contributed by atoms with E-state index in [1.807, 2.05) is 36.4 Å². The van der Waals surface area contributed by atoms with E-state index in [1.54, 1.807) is 0 Å². The summed E-state index contributed by atoms with van der Waals surface area (Å²) in [5.74, 6) is -0.0310. The van der Waals surface area contributed by atoms with Crippen molar-refractivity contribution in [2.24, 2.45) is 0 Å². The lowest BCUT2D eigenvalue weighted by Gasteiger charge is -2.17. The van der Waals surface area contributed by atoms with Crippen molar-refractivity contribution in [1.29, 1.82) is 0 Å². The molecule has 1 saturated carbocycles. The van der Waals surface area contributed by atoms with E-state index in [2.05, 4.69) is 33.4 Å². The van der Waals surface area contributed by atoms with Crippen molar-refractivity contribution in [2.75, 3.05) is 6.54 Å². The lowest BCUT2D eigenvalue weighted by molar-refractivity contribution is 0.0949. The Morgan fingerprint density at radius 2 is 1.90 bits per heavy atom. The van der Waals surface area contributed by atoms with Crippen molar-refractivity contribution in [1.82, 2.24) is 5.32 Å². The quantitative estimate of drug-likeness (QED) is 0.846. The fraction of sp³-hybridized carbons (Fsp3) is 0.235. The molecule has 0 spiro atoms. The summed E-state index contributed by atoms with van der Waals surface area (Å²) in [6.07, 6.45) is 2.21. The maximum Gasteiger partial charge on any atom is 0.251 e. The Labute approximate surface area is 137 Å². The third-order valence-corrected chi connectivity index (χ3v) is 4.73. The average Bonchev–Trinajstić information content (AvgIpc) is 3.27. The van der Waals surface area contributed by atoms with E-state index in [4.69, 9.17) is 11.6 Å². The highest BCUT2D eigenvalue weighted by molar-refractivity contribution is 9.10. The molecule has 1 fully saturated rings. The topological polar surface area (TPSA) is 29.1 Å². The molecule has 2 aromatic rings. The molecule has 21 heavy (non-hydrogen) atoms. The van der Waals surface area contributed by atoms with Gasteiger partial charge in [-0.1, -0.05) is 45.7 Å². The lowest BCUT2D eigenvalue weighted by Crippen LogP contribution is -2.32. The maximum absolute atomic E-state index is 12.2. The zero-order chi connectivity index (χ0) is 14.9. The summed E-state index contributed by atoms with van der Waals surface area (Å²) in [6.45, 7) is 0.667. The van der Waals surface area contributed by atoms with Crippen LogP contribution in [-0.2, 0) is 5.41 Å². The van der Waals surface area contributed by atoms with Crippen LogP contribution < -0.4 is 5.32 Å². The fourth-order valence-corrected chi connectivity index (χ4v) is 3.03. The molecule has 0 saturated heterocycles. The van der Waals surface area contributed by atoms with E-state index >= 15 is 0 Å². The number of amides is 1. The minimum atomic E-state index is -0.0310. The summed E-state index contributed by atoms with van der Waals surface area (Å²) in [5, 5.41) is 3.79. The van der Waals surface area contributed by atoms with Gasteiger partial charge in [0, 0.05) is 27.0 Å². The van der Waals surface area contributed by atoms with Gasteiger partial charge >= 0.3 is 0 Å². The fourth-order valence-electron chi connectivity index (χ4n) is 2.50. The van der Waals surface area contributed by atoms with Crippen molar-refractivity contribution in [2.45, 2.75) is 18.3 Å². The third kappa shape index (κ3) is 3.30. The Morgan fingerprint density at radius 1 is 1.19 bits per heavy atom. The van der Waals surface area contributed by atoms with Crippen LogP contribution in [0, 0.1) is 0 Å². The molecule has 108 valence electrons. The molecule has 0 bridgehead atoms. The second-order valence-corrected chi connectivity index (χ2v) is 6.83. The lowest BCUT2D eigenvalue weighted by atomic mass is 9.96. The molecular formula is C17H15BrClNO. The summed E-state index contributed by atoms with van der Waals surface area (Å²) in [4.78, 5) is 12.2. The average molecular weight is 365 g/mol. The van der Waals surface area contributed by atoms with Crippen LogP contribution in [0.4, 0.5) is 0 Å². The van der Waals surface area contributed by atoms with Crippen LogP contribution in [0.25, 0.3) is 0 Å². The number of rotatable bonds is 4. The highest BCUT2D eigenvalue weighted by Crippen LogP contribution is 2.47. The summed E-state index contributed by atoms with van der Waals surface area (Å²) in [5.41, 5.74) is 2.02. The highest BCUT2D eigenvalue weighted by Gasteiger charge is 2.44. The largest absolute Gasteiger partial charge is 0.351 e. The van der Waals surface area contributed by atoms with Crippen LogP contribution in [0.3, 0.4) is 0 Å². The van der Waals surface area contributed by atoms with E-state index in [1.165, 1.54) is 5.56 Å². The molecule has 4 heteroatoms. The van der Waals surface area contributed by atoms with Crippen molar-refractivity contribution < 1.29 is 4.79 Å². The predicted molar refractivity (Wildman–Crippen MR) is 88.8 cm³/mol. The van der Waals surface area contributed by atoms with E-state index in [0.717, 1.165) is 22.3 Å². The molecule has 2 aromatic carbocycles. The van der Waals surface area contributed by atoms with Crippen molar-refractivity contribution >= 4 is 33.4 Å². The number of benzene rings is 2. The minimum absolute atomic E-state index is 0.0310. The molecule has 3 rings (SSSR count). The second kappa shape index (κ2) is 5.82. The molecule has 0 atom stereocenters. The molecule has 0 aromatic heterocycles. The molecule has 0 aliphatic heterocycles. The summed E-state index contributed by atoms with van der Waals surface area (Å²) in [6, 6.07) is 15.4. The van der Waals surface area contributed by atoms with Gasteiger partial charge in [-0.05, 0) is 48.7 Å². The minimum Gasteiger partial charge on any atom is -0.351 e. The number of hydrogen-bond acceptors (Lipinski definition) is 1. The SMILES string of the molecule is O=C(NCC1(c2ccc(Cl)cc2)CC1)c1cccc(Br)c1. The molecule has 2 nitrogen and oxygen atoms in total. The second-order valence-electron chi connectivity index (χ2n) is 5.48. The van der Waals surface area contributed by atoms with Crippen molar-refractivity contribution in [3.8, 4) is 0 Å². The van der Waals surface area contributed by atoms with Gasteiger partial charge in [-0.15, -0.1) is 0 Å². The van der Waals surface area contributed by atoms with Gasteiger partial charge in [0.1, 0.15) is 0 Å². The van der Waals surface area contributed by atoms with Gasteiger partial charge in [-0.2, -0.15) is 0 Å². The van der Waals surface area contributed by atoms with Gasteiger partial charge < -0.3 is 5.32 Å². The molecule has 0 heterocycles. The van der Waals surface area contributed by atoms with Gasteiger partial charge in [-0.3, -0.25) is 4.79 Å². The van der Waals surface area contributed by atoms with Crippen LogP contribution in [-0.4, -0.2) is 12.5 Å². The van der Waals surface area contributed by atoms with Crippen LogP contribution in [0.5, 0.6) is 0 Å². The zero-order valence-electron chi connectivity index (χ0n) is 11.4. The van der Waals surface area contributed by atoms with Crippen molar-refractivity contribution in [3.63, 3.8) is 0 Å². The Kier molecular flexibility index (Phi) is 4.05. The molecule has 1 N–H and O–H groups in total. The van der Waals surface area contributed by atoms with E-state index in [0.29, 0.717) is 12.1 Å². The van der Waals surface area contributed by atoms with E-state index < -0.39 is 0 Å². The smallest absolute Gasteiger partial charge is 0.251 e. The van der Waals surface area contributed by atoms with E-state index in [9.17, 15) is 4.79 Å². The van der Waals surface area contributed by atoms with Gasteiger partial charge in [0.2, 0.25) is 0 Å². The maximum atomic E-state index is 12.2. The van der Waals surface area contributed by atoms with Gasteiger partial charge in [0.15, 0.2) is 0 Å². The standard InChI is InChI=1S/C17H15BrClNO/c18-14-3-1-2-12(10-14)16(21)20-11-17(8-9-17)13-4-6-15(19)7-5-13/h1-7,10H,8-9,11H2,(H,20,21). The number of carbonyl (C=O) groups is 1. The summed E-state index contributed by atoms with van der Waals surface area (Å²) in [7, 11) is 0. The molecular weight excluding hydrogens is 350 g/mol. The first-order valence-electron chi connectivity index (χ1n) is 6.89. The van der Waals surface area contributed by atoms with Gasteiger partial charge in [0.25, 0.3) is 5.91 Å². The van der Waals surface area contributed by atoms with E-state index in [-0.39, 0.29) is 11.3 Å². The van der Waals surface area contributed by atoms with Crippen LogP contribution in [0.2, 0.25) is 5.02 Å². The summed E-state index contributed by atoms with van der Waals surface area (Å²) < 4.78 is 0.911. The number of hydrogen-bond donors (Lipinski definition) is 1. The van der Waals surface area contributed by atoms with Crippen LogP contribution in [0.1, 0.15) is 28.8 Å². The monoisotopic (exact) mass is 363 g/mol. The first-order valence-corrected chi connectivity index (χ1v) is 8.06. The Morgan fingerprint density at radius 3 is 2.52 bits per heavy atom. The molecule has 1 aliphatic rings. The Hall–Kier alpha value is -1.32. The number of nitrogens with one attached hydrogen (secondary N) is 1. The Bertz CT molecular complexity index is 665. The molecule has 0 radical (unpaired) electrons. The zero-order valence-corrected chi connectivity index (χ0v) is 13.7. The van der Waals surface area contributed by atoms with Crippen LogP contribution >= 0.6 is 27.5 Å². The van der Waals surface area contributed by atoms with Crippen molar-refractivity contribution in [3.05, 3.63) is 69.2 Å². The first-order chi connectivity index (χ1) is 10.1. The normalized spacial score (nSPS) is 15.5. The highest BCUT2D eigenvalue weighted by atomic mass is 79.9. The molecule has 1 amide bonds. The molecule has 0 unspecified atom stereocenters. The first kappa shape index (κ1) is 14.6. The third-order valence-electron chi connectivity index (χ3n) is 3.98.